The average Bonchev–Trinajstić information content (AvgIpc) is 2.29. The lowest BCUT2D eigenvalue weighted by Gasteiger charge is -2.48. The zero-order valence-electron chi connectivity index (χ0n) is 12.7. The van der Waals surface area contributed by atoms with Crippen molar-refractivity contribution in [2.75, 3.05) is 26.3 Å². The van der Waals surface area contributed by atoms with Crippen molar-refractivity contribution in [2.24, 2.45) is 11.3 Å². The van der Waals surface area contributed by atoms with Gasteiger partial charge in [-0.2, -0.15) is 0 Å². The molecule has 0 unspecified atom stereocenters. The number of ether oxygens (including phenoxy) is 2. The molecular formula is C15H29NO2. The normalized spacial score (nSPS) is 27.0. The van der Waals surface area contributed by atoms with E-state index in [1.165, 1.54) is 0 Å². The monoisotopic (exact) mass is 255 g/mol. The Morgan fingerprint density at radius 1 is 1.06 bits per heavy atom. The fraction of sp³-hybridized carbons (Fsp3) is 1.00. The van der Waals surface area contributed by atoms with Crippen LogP contribution < -0.4 is 0 Å². The van der Waals surface area contributed by atoms with Gasteiger partial charge < -0.3 is 14.4 Å². The van der Waals surface area contributed by atoms with E-state index in [2.05, 4.69) is 39.5 Å². The number of rotatable bonds is 1. The molecule has 1 spiro atoms. The molecular weight excluding hydrogens is 226 g/mol. The standard InChI is InChI=1S/C15H29NO2/c1-12(2)16-8-6-15(7-9-16)17-10-13(11-18-15)14(3,4)5/h12-13H,6-11H2,1-5H3. The molecule has 106 valence electrons. The van der Waals surface area contributed by atoms with Crippen LogP contribution in [0.4, 0.5) is 0 Å². The first-order valence-electron chi connectivity index (χ1n) is 7.34. The average molecular weight is 255 g/mol. The van der Waals surface area contributed by atoms with Gasteiger partial charge in [0, 0.05) is 37.9 Å². The van der Waals surface area contributed by atoms with Crippen LogP contribution in [0, 0.1) is 11.3 Å². The molecule has 0 radical (unpaired) electrons. The molecule has 2 saturated heterocycles. The highest BCUT2D eigenvalue weighted by Crippen LogP contribution is 2.37. The maximum Gasteiger partial charge on any atom is 0.170 e. The summed E-state index contributed by atoms with van der Waals surface area (Å²) in [5, 5.41) is 0. The van der Waals surface area contributed by atoms with Gasteiger partial charge in [0.1, 0.15) is 0 Å². The van der Waals surface area contributed by atoms with E-state index in [9.17, 15) is 0 Å². The first kappa shape index (κ1) is 14.3. The van der Waals surface area contributed by atoms with E-state index in [4.69, 9.17) is 9.47 Å². The Morgan fingerprint density at radius 3 is 1.94 bits per heavy atom. The SMILES string of the molecule is CC(C)N1CCC2(CC1)OCC(C(C)(C)C)CO2. The molecule has 2 fully saturated rings. The molecule has 2 heterocycles. The molecule has 0 amide bonds. The highest BCUT2D eigenvalue weighted by molar-refractivity contribution is 4.86. The molecule has 0 saturated carbocycles. The summed E-state index contributed by atoms with van der Waals surface area (Å²) in [7, 11) is 0. The Bertz CT molecular complexity index is 265. The topological polar surface area (TPSA) is 21.7 Å². The molecule has 2 aliphatic rings. The largest absolute Gasteiger partial charge is 0.349 e. The van der Waals surface area contributed by atoms with Gasteiger partial charge in [0.05, 0.1) is 13.2 Å². The van der Waals surface area contributed by atoms with Crippen LogP contribution in [-0.2, 0) is 9.47 Å². The van der Waals surface area contributed by atoms with Crippen LogP contribution >= 0.6 is 0 Å². The maximum atomic E-state index is 6.12. The van der Waals surface area contributed by atoms with E-state index in [0.29, 0.717) is 12.0 Å². The minimum atomic E-state index is -0.271. The van der Waals surface area contributed by atoms with Gasteiger partial charge in [-0.15, -0.1) is 0 Å². The van der Waals surface area contributed by atoms with Crippen molar-refractivity contribution in [3.63, 3.8) is 0 Å². The minimum absolute atomic E-state index is 0.271. The molecule has 0 N–H and O–H groups in total. The lowest BCUT2D eigenvalue weighted by Crippen LogP contribution is -2.54. The second-order valence-electron chi connectivity index (χ2n) is 7.23. The summed E-state index contributed by atoms with van der Waals surface area (Å²) in [6, 6.07) is 0.633. The molecule has 0 bridgehead atoms. The van der Waals surface area contributed by atoms with Gasteiger partial charge in [-0.1, -0.05) is 20.8 Å². The summed E-state index contributed by atoms with van der Waals surface area (Å²) in [4.78, 5) is 2.51. The third kappa shape index (κ3) is 3.06. The quantitative estimate of drug-likeness (QED) is 0.719. The summed E-state index contributed by atoms with van der Waals surface area (Å²) in [5.41, 5.74) is 0.278. The van der Waals surface area contributed by atoms with Crippen LogP contribution in [0.1, 0.15) is 47.5 Å². The predicted molar refractivity (Wildman–Crippen MR) is 73.5 cm³/mol. The molecule has 0 aromatic heterocycles. The van der Waals surface area contributed by atoms with E-state index < -0.39 is 0 Å². The molecule has 3 heteroatoms. The summed E-state index contributed by atoms with van der Waals surface area (Å²) >= 11 is 0. The highest BCUT2D eigenvalue weighted by Gasteiger charge is 2.43. The smallest absolute Gasteiger partial charge is 0.170 e. The second-order valence-corrected chi connectivity index (χ2v) is 7.23. The molecule has 0 aromatic carbocycles. The summed E-state index contributed by atoms with van der Waals surface area (Å²) in [5.74, 6) is 0.249. The molecule has 0 aliphatic carbocycles. The van der Waals surface area contributed by atoms with Crippen molar-refractivity contribution in [2.45, 2.75) is 59.3 Å². The van der Waals surface area contributed by atoms with Crippen molar-refractivity contribution >= 4 is 0 Å². The van der Waals surface area contributed by atoms with E-state index in [0.717, 1.165) is 39.1 Å². The number of hydrogen-bond acceptors (Lipinski definition) is 3. The number of nitrogens with zero attached hydrogens (tertiary/aromatic N) is 1. The van der Waals surface area contributed by atoms with Crippen LogP contribution in [0.3, 0.4) is 0 Å². The number of piperidine rings is 1. The fourth-order valence-electron chi connectivity index (χ4n) is 2.76. The Kier molecular flexibility index (Phi) is 4.05. The Labute approximate surface area is 112 Å². The first-order valence-corrected chi connectivity index (χ1v) is 7.34. The summed E-state index contributed by atoms with van der Waals surface area (Å²) < 4.78 is 12.2. The lowest BCUT2D eigenvalue weighted by atomic mass is 9.81. The van der Waals surface area contributed by atoms with Gasteiger partial charge in [0.25, 0.3) is 0 Å². The van der Waals surface area contributed by atoms with E-state index in [-0.39, 0.29) is 11.2 Å². The van der Waals surface area contributed by atoms with Crippen molar-refractivity contribution < 1.29 is 9.47 Å². The maximum absolute atomic E-state index is 6.12. The zero-order valence-corrected chi connectivity index (χ0v) is 12.7. The van der Waals surface area contributed by atoms with E-state index in [1.54, 1.807) is 0 Å². The van der Waals surface area contributed by atoms with Gasteiger partial charge in [0.15, 0.2) is 5.79 Å². The lowest BCUT2D eigenvalue weighted by molar-refractivity contribution is -0.307. The second kappa shape index (κ2) is 5.10. The van der Waals surface area contributed by atoms with Crippen molar-refractivity contribution in [1.29, 1.82) is 0 Å². The van der Waals surface area contributed by atoms with Crippen LogP contribution in [0.5, 0.6) is 0 Å². The van der Waals surface area contributed by atoms with Crippen molar-refractivity contribution in [3.8, 4) is 0 Å². The van der Waals surface area contributed by atoms with Gasteiger partial charge in [-0.25, -0.2) is 0 Å². The van der Waals surface area contributed by atoms with E-state index in [1.807, 2.05) is 0 Å². The van der Waals surface area contributed by atoms with Crippen LogP contribution in [0.25, 0.3) is 0 Å². The van der Waals surface area contributed by atoms with Crippen LogP contribution in [0.15, 0.2) is 0 Å². The minimum Gasteiger partial charge on any atom is -0.349 e. The van der Waals surface area contributed by atoms with Gasteiger partial charge in [-0.05, 0) is 19.3 Å². The van der Waals surface area contributed by atoms with Crippen LogP contribution in [-0.4, -0.2) is 43.0 Å². The Balaban J connectivity index is 1.86. The Morgan fingerprint density at radius 2 is 1.56 bits per heavy atom. The molecule has 0 atom stereocenters. The Hall–Kier alpha value is -0.120. The molecule has 3 nitrogen and oxygen atoms in total. The predicted octanol–water partition coefficient (Wildman–Crippen LogP) is 2.90. The van der Waals surface area contributed by atoms with Crippen molar-refractivity contribution in [1.82, 2.24) is 4.90 Å². The molecule has 0 aromatic rings. The third-order valence-electron chi connectivity index (χ3n) is 4.61. The number of hydrogen-bond donors (Lipinski definition) is 0. The van der Waals surface area contributed by atoms with Crippen LogP contribution in [0.2, 0.25) is 0 Å². The molecule has 2 rings (SSSR count). The number of likely N-dealkylation sites (tertiary alicyclic amines) is 1. The molecule has 2 aliphatic heterocycles. The summed E-state index contributed by atoms with van der Waals surface area (Å²) in [6.45, 7) is 15.2. The third-order valence-corrected chi connectivity index (χ3v) is 4.61. The van der Waals surface area contributed by atoms with Gasteiger partial charge in [-0.3, -0.25) is 0 Å². The molecule has 18 heavy (non-hydrogen) atoms. The zero-order chi connectivity index (χ0) is 13.4. The van der Waals surface area contributed by atoms with Gasteiger partial charge in [0.2, 0.25) is 0 Å². The fourth-order valence-corrected chi connectivity index (χ4v) is 2.76. The highest BCUT2D eigenvalue weighted by atomic mass is 16.7. The van der Waals surface area contributed by atoms with Crippen molar-refractivity contribution in [3.05, 3.63) is 0 Å². The van der Waals surface area contributed by atoms with Gasteiger partial charge >= 0.3 is 0 Å². The van der Waals surface area contributed by atoms with E-state index >= 15 is 0 Å². The summed E-state index contributed by atoms with van der Waals surface area (Å²) in [6.07, 6.45) is 2.03. The first-order chi connectivity index (χ1) is 8.32.